The molecule has 2 rings (SSSR count). The molecule has 0 saturated heterocycles. The standard InChI is InChI=1S/C21H28N2O/c1-21(2,3)18-10-8-17(9-11-18)20(24)22-19-12-6-16(7-13-19)14-15-23(4)5/h6-13H,14-15H2,1-5H3,(H,22,24). The van der Waals surface area contributed by atoms with E-state index in [1.807, 2.05) is 36.4 Å². The smallest absolute Gasteiger partial charge is 0.255 e. The zero-order valence-corrected chi connectivity index (χ0v) is 15.4. The minimum atomic E-state index is -0.0727. The number of benzene rings is 2. The van der Waals surface area contributed by atoms with Gasteiger partial charge >= 0.3 is 0 Å². The summed E-state index contributed by atoms with van der Waals surface area (Å²) in [4.78, 5) is 14.5. The van der Waals surface area contributed by atoms with Crippen molar-refractivity contribution in [2.45, 2.75) is 32.6 Å². The first-order valence-electron chi connectivity index (χ1n) is 8.41. The molecule has 2 aromatic rings. The first-order valence-corrected chi connectivity index (χ1v) is 8.41. The minimum Gasteiger partial charge on any atom is -0.322 e. The average molecular weight is 324 g/mol. The molecule has 128 valence electrons. The molecular formula is C21H28N2O. The van der Waals surface area contributed by atoms with E-state index in [9.17, 15) is 4.79 Å². The Kier molecular flexibility index (Phi) is 5.79. The van der Waals surface area contributed by atoms with Crippen LogP contribution in [0.5, 0.6) is 0 Å². The van der Waals surface area contributed by atoms with E-state index in [-0.39, 0.29) is 11.3 Å². The summed E-state index contributed by atoms with van der Waals surface area (Å²) in [5.41, 5.74) is 4.10. The lowest BCUT2D eigenvalue weighted by atomic mass is 9.87. The van der Waals surface area contributed by atoms with E-state index < -0.39 is 0 Å². The number of hydrogen-bond acceptors (Lipinski definition) is 2. The van der Waals surface area contributed by atoms with Crippen molar-refractivity contribution in [1.82, 2.24) is 4.90 Å². The van der Waals surface area contributed by atoms with Crippen molar-refractivity contribution in [1.29, 1.82) is 0 Å². The fourth-order valence-electron chi connectivity index (χ4n) is 2.43. The fraction of sp³-hybridized carbons (Fsp3) is 0.381. The molecule has 0 aliphatic carbocycles. The summed E-state index contributed by atoms with van der Waals surface area (Å²) < 4.78 is 0. The van der Waals surface area contributed by atoms with Gasteiger partial charge in [0.2, 0.25) is 0 Å². The van der Waals surface area contributed by atoms with Crippen LogP contribution in [0.3, 0.4) is 0 Å². The number of nitrogens with zero attached hydrogens (tertiary/aromatic N) is 1. The molecule has 0 heterocycles. The van der Waals surface area contributed by atoms with Gasteiger partial charge in [0.25, 0.3) is 5.91 Å². The molecule has 3 nitrogen and oxygen atoms in total. The van der Waals surface area contributed by atoms with Crippen molar-refractivity contribution in [3.8, 4) is 0 Å². The Morgan fingerprint density at radius 2 is 1.54 bits per heavy atom. The summed E-state index contributed by atoms with van der Waals surface area (Å²) in [6.07, 6.45) is 1.01. The van der Waals surface area contributed by atoms with Crippen molar-refractivity contribution < 1.29 is 4.79 Å². The largest absolute Gasteiger partial charge is 0.322 e. The summed E-state index contributed by atoms with van der Waals surface area (Å²) in [5, 5.41) is 2.96. The molecule has 0 spiro atoms. The van der Waals surface area contributed by atoms with Crippen LogP contribution in [-0.2, 0) is 11.8 Å². The molecule has 0 aromatic heterocycles. The molecule has 1 N–H and O–H groups in total. The van der Waals surface area contributed by atoms with Crippen LogP contribution in [0.15, 0.2) is 48.5 Å². The van der Waals surface area contributed by atoms with Crippen LogP contribution in [0.1, 0.15) is 42.3 Å². The van der Waals surface area contributed by atoms with E-state index in [2.05, 4.69) is 57.2 Å². The first kappa shape index (κ1) is 18.2. The van der Waals surface area contributed by atoms with E-state index in [4.69, 9.17) is 0 Å². The van der Waals surface area contributed by atoms with E-state index in [0.717, 1.165) is 18.7 Å². The lowest BCUT2D eigenvalue weighted by Crippen LogP contribution is -2.15. The van der Waals surface area contributed by atoms with Crippen molar-refractivity contribution in [3.05, 3.63) is 65.2 Å². The van der Waals surface area contributed by atoms with Gasteiger partial charge in [0.1, 0.15) is 0 Å². The van der Waals surface area contributed by atoms with E-state index >= 15 is 0 Å². The number of hydrogen-bond donors (Lipinski definition) is 1. The first-order chi connectivity index (χ1) is 11.3. The molecule has 1 amide bonds. The number of rotatable bonds is 5. The molecule has 2 aromatic carbocycles. The molecule has 0 aliphatic rings. The van der Waals surface area contributed by atoms with Crippen molar-refractivity contribution >= 4 is 11.6 Å². The molecule has 0 unspecified atom stereocenters. The highest BCUT2D eigenvalue weighted by Gasteiger charge is 2.14. The summed E-state index contributed by atoms with van der Waals surface area (Å²) >= 11 is 0. The molecule has 0 bridgehead atoms. The van der Waals surface area contributed by atoms with Crippen LogP contribution in [0.2, 0.25) is 0 Å². The second-order valence-corrected chi connectivity index (χ2v) is 7.53. The van der Waals surface area contributed by atoms with E-state index in [1.54, 1.807) is 0 Å². The Morgan fingerprint density at radius 1 is 0.958 bits per heavy atom. The fourth-order valence-corrected chi connectivity index (χ4v) is 2.43. The molecule has 3 heteroatoms. The number of carbonyl (C=O) groups is 1. The quantitative estimate of drug-likeness (QED) is 0.887. The van der Waals surface area contributed by atoms with Gasteiger partial charge in [0, 0.05) is 17.8 Å². The SMILES string of the molecule is CN(C)CCc1ccc(NC(=O)c2ccc(C(C)(C)C)cc2)cc1. The number of carbonyl (C=O) groups excluding carboxylic acids is 1. The maximum Gasteiger partial charge on any atom is 0.255 e. The maximum atomic E-state index is 12.4. The third-order valence-electron chi connectivity index (χ3n) is 4.07. The topological polar surface area (TPSA) is 32.3 Å². The Hall–Kier alpha value is -2.13. The van der Waals surface area contributed by atoms with Gasteiger partial charge in [-0.15, -0.1) is 0 Å². The van der Waals surface area contributed by atoms with Crippen LogP contribution in [0.25, 0.3) is 0 Å². The van der Waals surface area contributed by atoms with Gasteiger partial charge in [-0.1, -0.05) is 45.0 Å². The van der Waals surface area contributed by atoms with Crippen LogP contribution in [0.4, 0.5) is 5.69 Å². The molecule has 24 heavy (non-hydrogen) atoms. The molecule has 0 atom stereocenters. The van der Waals surface area contributed by atoms with Crippen LogP contribution in [0, 0.1) is 0 Å². The van der Waals surface area contributed by atoms with Gasteiger partial charge < -0.3 is 10.2 Å². The predicted molar refractivity (Wildman–Crippen MR) is 102 cm³/mol. The lowest BCUT2D eigenvalue weighted by Gasteiger charge is -2.19. The Labute approximate surface area is 145 Å². The maximum absolute atomic E-state index is 12.4. The van der Waals surface area contributed by atoms with E-state index in [0.29, 0.717) is 5.56 Å². The number of amides is 1. The number of likely N-dealkylation sites (N-methyl/N-ethyl adjacent to an activating group) is 1. The van der Waals surface area contributed by atoms with Gasteiger partial charge in [-0.3, -0.25) is 4.79 Å². The zero-order valence-electron chi connectivity index (χ0n) is 15.4. The van der Waals surface area contributed by atoms with Crippen molar-refractivity contribution in [2.75, 3.05) is 26.0 Å². The third-order valence-corrected chi connectivity index (χ3v) is 4.07. The highest BCUT2D eigenvalue weighted by Crippen LogP contribution is 2.22. The highest BCUT2D eigenvalue weighted by atomic mass is 16.1. The van der Waals surface area contributed by atoms with Crippen LogP contribution >= 0.6 is 0 Å². The molecule has 0 fully saturated rings. The van der Waals surface area contributed by atoms with Gasteiger partial charge in [-0.2, -0.15) is 0 Å². The van der Waals surface area contributed by atoms with Crippen molar-refractivity contribution in [3.63, 3.8) is 0 Å². The molecule has 0 saturated carbocycles. The highest BCUT2D eigenvalue weighted by molar-refractivity contribution is 6.04. The Bertz CT molecular complexity index is 664. The zero-order chi connectivity index (χ0) is 17.7. The summed E-state index contributed by atoms with van der Waals surface area (Å²) in [6, 6.07) is 15.9. The monoisotopic (exact) mass is 324 g/mol. The van der Waals surface area contributed by atoms with Crippen LogP contribution in [-0.4, -0.2) is 31.4 Å². The van der Waals surface area contributed by atoms with Gasteiger partial charge in [-0.05, 0) is 61.3 Å². The third kappa shape index (κ3) is 5.20. The second-order valence-electron chi connectivity index (χ2n) is 7.53. The second kappa shape index (κ2) is 7.63. The molecular weight excluding hydrogens is 296 g/mol. The normalized spacial score (nSPS) is 11.6. The Morgan fingerprint density at radius 3 is 2.04 bits per heavy atom. The van der Waals surface area contributed by atoms with Gasteiger partial charge in [-0.25, -0.2) is 0 Å². The van der Waals surface area contributed by atoms with Gasteiger partial charge in [0.05, 0.1) is 0 Å². The lowest BCUT2D eigenvalue weighted by molar-refractivity contribution is 0.102. The minimum absolute atomic E-state index is 0.0727. The van der Waals surface area contributed by atoms with E-state index in [1.165, 1.54) is 11.1 Å². The molecule has 0 aliphatic heterocycles. The molecule has 0 radical (unpaired) electrons. The average Bonchev–Trinajstić information content (AvgIpc) is 2.53. The summed E-state index contributed by atoms with van der Waals surface area (Å²) in [6.45, 7) is 7.52. The Balaban J connectivity index is 1.99. The number of nitrogens with one attached hydrogen (secondary N) is 1. The predicted octanol–water partition coefficient (Wildman–Crippen LogP) is 4.34. The van der Waals surface area contributed by atoms with Crippen molar-refractivity contribution in [2.24, 2.45) is 0 Å². The van der Waals surface area contributed by atoms with Gasteiger partial charge in [0.15, 0.2) is 0 Å². The summed E-state index contributed by atoms with van der Waals surface area (Å²) in [5.74, 6) is -0.0727. The summed E-state index contributed by atoms with van der Waals surface area (Å²) in [7, 11) is 4.14. The van der Waals surface area contributed by atoms with Crippen LogP contribution < -0.4 is 5.32 Å². The number of anilines is 1.